The third-order valence-electron chi connectivity index (χ3n) is 8.46. The summed E-state index contributed by atoms with van der Waals surface area (Å²) in [7, 11) is -17.6. The summed E-state index contributed by atoms with van der Waals surface area (Å²) >= 11 is 12.1. The lowest BCUT2D eigenvalue weighted by Crippen LogP contribution is -2.00. The van der Waals surface area contributed by atoms with Crippen molar-refractivity contribution in [1.29, 1.82) is 0 Å². The first-order valence-corrected chi connectivity index (χ1v) is 22.7. The maximum Gasteiger partial charge on any atom is 0.296 e. The van der Waals surface area contributed by atoms with Crippen LogP contribution in [0, 0.1) is 0 Å². The van der Waals surface area contributed by atoms with E-state index in [4.69, 9.17) is 32.7 Å². The Morgan fingerprint density at radius 2 is 0.869 bits per heavy atom. The van der Waals surface area contributed by atoms with Crippen LogP contribution in [-0.2, 0) is 40.5 Å². The number of aromatic hydroxyl groups is 2. The lowest BCUT2D eigenvalue weighted by Gasteiger charge is -2.13. The van der Waals surface area contributed by atoms with Crippen LogP contribution in [0.3, 0.4) is 0 Å². The molecule has 0 bridgehead atoms. The molecule has 0 amide bonds. The number of nitrogens with zero attached hydrogens (tertiary/aromatic N) is 4. The van der Waals surface area contributed by atoms with Gasteiger partial charge in [0.25, 0.3) is 40.5 Å². The summed E-state index contributed by atoms with van der Waals surface area (Å²) in [6, 6.07) is 13.4. The molecule has 0 saturated heterocycles. The molecule has 0 saturated carbocycles. The number of halogens is 2. The number of phenolic OH excluding ortho intramolecular Hbond substituents is 2. The molecule has 0 aliphatic rings. The molecule has 27 heteroatoms. The van der Waals surface area contributed by atoms with Gasteiger partial charge in [-0.1, -0.05) is 23.2 Å². The zero-order valence-corrected chi connectivity index (χ0v) is 35.1. The number of nitrogens with one attached hydrogen (secondary N) is 1. The molecule has 7 N–H and O–H groups in total. The number of hydrogen-bond donors (Lipinski definition) is 7. The minimum Gasteiger partial charge on any atom is -0.505 e. The average Bonchev–Trinajstić information content (AvgIpc) is 3.15. The van der Waals surface area contributed by atoms with Crippen LogP contribution in [0.15, 0.2) is 113 Å². The number of fused-ring (bicyclic) bond motifs is 2. The number of methoxy groups -OCH3 is 2. The Balaban J connectivity index is 1.40. The highest BCUT2D eigenvalue weighted by molar-refractivity contribution is 7.86. The average molecular weight is 959 g/mol. The Morgan fingerprint density at radius 1 is 0.508 bits per heavy atom. The number of anilines is 2. The Morgan fingerprint density at radius 3 is 1.18 bits per heavy atom. The van der Waals surface area contributed by atoms with E-state index in [-0.39, 0.29) is 54.5 Å². The lowest BCUT2D eigenvalue weighted by molar-refractivity contribution is 0.415. The second kappa shape index (κ2) is 16.3. The fourth-order valence-electron chi connectivity index (χ4n) is 5.78. The molecule has 61 heavy (non-hydrogen) atoms. The quantitative estimate of drug-likeness (QED) is 0.0448. The van der Waals surface area contributed by atoms with E-state index in [1.807, 2.05) is 0 Å². The van der Waals surface area contributed by atoms with E-state index in [0.717, 1.165) is 50.6 Å². The number of hydrogen-bond acceptors (Lipinski definition) is 17. The van der Waals surface area contributed by atoms with Crippen molar-refractivity contribution in [2.75, 3.05) is 19.5 Å². The standard InChI is InChI=1S/C34H25Cl2N5O16S4/c1-56-33-23(35)11-19(58(44,45)46)13-25(33)38-40-29-27(60(50,51)52)9-15-7-17(3-5-21(15)31(29)42)37-18-4-6-22-16(8-18)10-28(61(53,54)55)30(32(22)43)41-39-26-14-20(59(47,48)49)12-24(36)34(26)57-2/h3-14,37,42-43H,1-2H3,(H,44,45,46)(H,47,48,49)(H,50,51,52)(H,53,54,55). The summed E-state index contributed by atoms with van der Waals surface area (Å²) in [5.74, 6) is -2.06. The fourth-order valence-corrected chi connectivity index (χ4v) is 8.86. The molecule has 320 valence electrons. The van der Waals surface area contributed by atoms with E-state index in [9.17, 15) is 62.1 Å². The maximum atomic E-state index is 12.5. The predicted octanol–water partition coefficient (Wildman–Crippen LogP) is 8.29. The van der Waals surface area contributed by atoms with Crippen LogP contribution in [0.2, 0.25) is 10.0 Å². The number of phenols is 2. The van der Waals surface area contributed by atoms with Gasteiger partial charge in [0.1, 0.15) is 32.5 Å². The van der Waals surface area contributed by atoms with Crippen LogP contribution in [-0.4, -0.2) is 76.3 Å². The third-order valence-corrected chi connectivity index (χ3v) is 12.4. The number of benzene rings is 6. The highest BCUT2D eigenvalue weighted by Gasteiger charge is 2.26. The molecule has 6 rings (SSSR count). The summed E-state index contributed by atoms with van der Waals surface area (Å²) in [5.41, 5.74) is -1.91. The minimum absolute atomic E-state index is 0.0175. The summed E-state index contributed by atoms with van der Waals surface area (Å²) in [6.07, 6.45) is 0. The van der Waals surface area contributed by atoms with Gasteiger partial charge in [0.2, 0.25) is 0 Å². The van der Waals surface area contributed by atoms with Gasteiger partial charge in [0.15, 0.2) is 23.0 Å². The first-order valence-electron chi connectivity index (χ1n) is 16.2. The second-order valence-corrected chi connectivity index (χ2v) is 18.8. The van der Waals surface area contributed by atoms with Crippen molar-refractivity contribution < 1.29 is 71.6 Å². The van der Waals surface area contributed by atoms with Crippen LogP contribution in [0.25, 0.3) is 21.5 Å². The monoisotopic (exact) mass is 957 g/mol. The fraction of sp³-hybridized carbons (Fsp3) is 0.0588. The van der Waals surface area contributed by atoms with E-state index in [1.54, 1.807) is 0 Å². The van der Waals surface area contributed by atoms with Crippen LogP contribution in [0.4, 0.5) is 34.1 Å². The smallest absolute Gasteiger partial charge is 0.296 e. The molecule has 0 aliphatic carbocycles. The van der Waals surface area contributed by atoms with E-state index < -0.39 is 94.3 Å². The van der Waals surface area contributed by atoms with Crippen molar-refractivity contribution >= 4 is 119 Å². The Labute approximate surface area is 354 Å². The van der Waals surface area contributed by atoms with Gasteiger partial charge in [-0.25, -0.2) is 0 Å². The number of azo groups is 2. The second-order valence-electron chi connectivity index (χ2n) is 12.4. The molecule has 0 heterocycles. The summed E-state index contributed by atoms with van der Waals surface area (Å²) in [6.45, 7) is 0. The van der Waals surface area contributed by atoms with E-state index in [1.165, 1.54) is 36.4 Å². The van der Waals surface area contributed by atoms with Crippen molar-refractivity contribution in [3.05, 3.63) is 82.8 Å². The number of rotatable bonds is 12. The van der Waals surface area contributed by atoms with Crippen LogP contribution < -0.4 is 14.8 Å². The van der Waals surface area contributed by atoms with Gasteiger partial charge in [-0.05, 0) is 83.6 Å². The number of ether oxygens (including phenoxy) is 2. The molecule has 6 aromatic carbocycles. The predicted molar refractivity (Wildman–Crippen MR) is 218 cm³/mol. The molecular weight excluding hydrogens is 934 g/mol. The third kappa shape index (κ3) is 9.30. The van der Waals surface area contributed by atoms with Gasteiger partial charge in [-0.3, -0.25) is 18.2 Å². The molecule has 0 aromatic heterocycles. The first-order chi connectivity index (χ1) is 28.3. The molecule has 0 aliphatic heterocycles. The highest BCUT2D eigenvalue weighted by Crippen LogP contribution is 2.46. The maximum absolute atomic E-state index is 12.5. The van der Waals surface area contributed by atoms with Crippen molar-refractivity contribution in [2.24, 2.45) is 20.5 Å². The molecule has 6 aromatic rings. The van der Waals surface area contributed by atoms with Gasteiger partial charge in [-0.2, -0.15) is 33.7 Å². The van der Waals surface area contributed by atoms with Crippen LogP contribution in [0.1, 0.15) is 0 Å². The molecular formula is C34H25Cl2N5O16S4. The molecule has 0 fully saturated rings. The van der Waals surface area contributed by atoms with Gasteiger partial charge in [0, 0.05) is 22.1 Å². The molecule has 21 nitrogen and oxygen atoms in total. The van der Waals surface area contributed by atoms with Gasteiger partial charge >= 0.3 is 0 Å². The molecule has 0 spiro atoms. The van der Waals surface area contributed by atoms with Crippen LogP contribution >= 0.6 is 23.2 Å². The van der Waals surface area contributed by atoms with E-state index >= 15 is 0 Å². The summed E-state index contributed by atoms with van der Waals surface area (Å²) in [5, 5.41) is 39.7. The Hall–Kier alpha value is -5.74. The van der Waals surface area contributed by atoms with Gasteiger partial charge in [-0.15, -0.1) is 20.5 Å². The van der Waals surface area contributed by atoms with E-state index in [2.05, 4.69) is 25.8 Å². The van der Waals surface area contributed by atoms with Crippen molar-refractivity contribution in [3.63, 3.8) is 0 Å². The lowest BCUT2D eigenvalue weighted by atomic mass is 10.1. The molecule has 0 atom stereocenters. The minimum atomic E-state index is -5.14. The molecule has 0 radical (unpaired) electrons. The Bertz CT molecular complexity index is 3150. The van der Waals surface area contributed by atoms with Crippen molar-refractivity contribution in [1.82, 2.24) is 0 Å². The van der Waals surface area contributed by atoms with Gasteiger partial charge < -0.3 is 25.0 Å². The largest absolute Gasteiger partial charge is 0.505 e. The van der Waals surface area contributed by atoms with Crippen molar-refractivity contribution in [2.45, 2.75) is 19.6 Å². The zero-order valence-electron chi connectivity index (χ0n) is 30.4. The van der Waals surface area contributed by atoms with Crippen molar-refractivity contribution in [3.8, 4) is 23.0 Å². The van der Waals surface area contributed by atoms with E-state index in [0.29, 0.717) is 0 Å². The normalized spacial score (nSPS) is 12.8. The summed E-state index contributed by atoms with van der Waals surface area (Å²) < 4.78 is 146. The molecule has 0 unspecified atom stereocenters. The summed E-state index contributed by atoms with van der Waals surface area (Å²) in [4.78, 5) is -3.30. The zero-order chi connectivity index (χ0) is 45.0. The van der Waals surface area contributed by atoms with Crippen LogP contribution in [0.5, 0.6) is 23.0 Å². The first kappa shape index (κ1) is 44.8. The Kier molecular flexibility index (Phi) is 12.0. The topological polar surface area (TPSA) is 338 Å². The van der Waals surface area contributed by atoms with Gasteiger partial charge in [0.05, 0.1) is 34.1 Å². The SMILES string of the molecule is COc1c(Cl)cc(S(=O)(=O)O)cc1N=Nc1c(S(=O)(=O)O)cc2cc(Nc3ccc4c(O)c(N=Nc5cc(S(=O)(=O)O)cc(Cl)c5OC)c(S(=O)(=O)O)cc4c3)ccc2c1O. The highest BCUT2D eigenvalue weighted by atomic mass is 35.5.